The minimum absolute atomic E-state index is 0.141. The Hall–Kier alpha value is -1.21. The third kappa shape index (κ3) is 16.3. The lowest BCUT2D eigenvalue weighted by Gasteiger charge is -2.22. The SMILES string of the molecule is CCCCCCCCC/C=C\CC[C@@H](O)[C@H]1CC[C@H]([C@H](O)CCCCCCCC[C@@H](O)CCC2=C[C@H](C)OC2=O)O1. The van der Waals surface area contributed by atoms with Crippen LogP contribution in [0.1, 0.15) is 155 Å². The number of ether oxygens (including phenoxy) is 2. The minimum atomic E-state index is -0.450. The van der Waals surface area contributed by atoms with E-state index < -0.39 is 12.2 Å². The number of rotatable bonds is 25. The van der Waals surface area contributed by atoms with Gasteiger partial charge in [0, 0.05) is 5.57 Å². The summed E-state index contributed by atoms with van der Waals surface area (Å²) in [5.74, 6) is -0.237. The van der Waals surface area contributed by atoms with E-state index in [1.54, 1.807) is 0 Å². The molecule has 0 unspecified atom stereocenters. The van der Waals surface area contributed by atoms with Crippen molar-refractivity contribution in [2.24, 2.45) is 0 Å². The quantitative estimate of drug-likeness (QED) is 0.0580. The van der Waals surface area contributed by atoms with E-state index in [9.17, 15) is 20.1 Å². The van der Waals surface area contributed by atoms with Crippen LogP contribution in [0.3, 0.4) is 0 Å². The average molecular weight is 579 g/mol. The van der Waals surface area contributed by atoms with Crippen LogP contribution in [0, 0.1) is 0 Å². The van der Waals surface area contributed by atoms with Crippen molar-refractivity contribution in [3.63, 3.8) is 0 Å². The molecule has 0 amide bonds. The Morgan fingerprint density at radius 3 is 1.95 bits per heavy atom. The predicted molar refractivity (Wildman–Crippen MR) is 167 cm³/mol. The van der Waals surface area contributed by atoms with Crippen molar-refractivity contribution in [3.8, 4) is 0 Å². The highest BCUT2D eigenvalue weighted by atomic mass is 16.5. The molecule has 0 aliphatic carbocycles. The molecule has 2 rings (SSSR count). The largest absolute Gasteiger partial charge is 0.455 e. The van der Waals surface area contributed by atoms with Gasteiger partial charge in [0.2, 0.25) is 0 Å². The molecule has 2 heterocycles. The molecular formula is C35H62O6. The molecule has 2 aliphatic rings. The zero-order valence-electron chi connectivity index (χ0n) is 26.3. The molecular weight excluding hydrogens is 516 g/mol. The maximum atomic E-state index is 11.6. The summed E-state index contributed by atoms with van der Waals surface area (Å²) in [7, 11) is 0. The smallest absolute Gasteiger partial charge is 0.334 e. The van der Waals surface area contributed by atoms with E-state index in [0.29, 0.717) is 18.4 Å². The van der Waals surface area contributed by atoms with E-state index in [2.05, 4.69) is 19.1 Å². The molecule has 0 aromatic heterocycles. The summed E-state index contributed by atoms with van der Waals surface area (Å²) in [6.07, 6.45) is 27.6. The first-order valence-electron chi connectivity index (χ1n) is 17.2. The molecule has 3 N–H and O–H groups in total. The lowest BCUT2D eigenvalue weighted by atomic mass is 10.00. The predicted octanol–water partition coefficient (Wildman–Crippen LogP) is 7.87. The van der Waals surface area contributed by atoms with Gasteiger partial charge >= 0.3 is 5.97 Å². The molecule has 6 nitrogen and oxygen atoms in total. The van der Waals surface area contributed by atoms with Crippen LogP contribution in [0.2, 0.25) is 0 Å². The van der Waals surface area contributed by atoms with Crippen LogP contribution in [-0.4, -0.2) is 57.9 Å². The molecule has 0 radical (unpaired) electrons. The Kier molecular flexibility index (Phi) is 19.6. The minimum Gasteiger partial charge on any atom is -0.455 e. The number of hydrogen-bond acceptors (Lipinski definition) is 6. The normalized spacial score (nSPS) is 23.2. The topological polar surface area (TPSA) is 96.2 Å². The Morgan fingerprint density at radius 1 is 0.756 bits per heavy atom. The fourth-order valence-corrected chi connectivity index (χ4v) is 6.07. The van der Waals surface area contributed by atoms with E-state index in [4.69, 9.17) is 9.47 Å². The summed E-state index contributed by atoms with van der Waals surface area (Å²) in [5, 5.41) is 31.4. The van der Waals surface area contributed by atoms with Gasteiger partial charge in [0.05, 0.1) is 30.5 Å². The van der Waals surface area contributed by atoms with Gasteiger partial charge in [0.25, 0.3) is 0 Å². The molecule has 238 valence electrons. The summed E-state index contributed by atoms with van der Waals surface area (Å²) in [4.78, 5) is 11.6. The van der Waals surface area contributed by atoms with Gasteiger partial charge < -0.3 is 24.8 Å². The number of esters is 1. The molecule has 1 saturated heterocycles. The second-order valence-electron chi connectivity index (χ2n) is 12.6. The zero-order valence-corrected chi connectivity index (χ0v) is 26.3. The molecule has 0 spiro atoms. The van der Waals surface area contributed by atoms with Crippen molar-refractivity contribution >= 4 is 5.97 Å². The lowest BCUT2D eigenvalue weighted by molar-refractivity contribution is -0.139. The number of aliphatic hydroxyl groups excluding tert-OH is 3. The van der Waals surface area contributed by atoms with Gasteiger partial charge in [-0.05, 0) is 77.2 Å². The summed E-state index contributed by atoms with van der Waals surface area (Å²) in [6.45, 7) is 4.11. The molecule has 41 heavy (non-hydrogen) atoms. The van der Waals surface area contributed by atoms with E-state index in [1.807, 2.05) is 13.0 Å². The van der Waals surface area contributed by atoms with Crippen molar-refractivity contribution in [3.05, 3.63) is 23.8 Å². The van der Waals surface area contributed by atoms with Gasteiger partial charge in [-0.2, -0.15) is 0 Å². The van der Waals surface area contributed by atoms with E-state index in [0.717, 1.165) is 83.5 Å². The van der Waals surface area contributed by atoms with Crippen LogP contribution in [0.25, 0.3) is 0 Å². The molecule has 0 saturated carbocycles. The van der Waals surface area contributed by atoms with Gasteiger partial charge in [-0.3, -0.25) is 0 Å². The van der Waals surface area contributed by atoms with Gasteiger partial charge in [-0.25, -0.2) is 4.79 Å². The van der Waals surface area contributed by atoms with Crippen LogP contribution in [0.5, 0.6) is 0 Å². The van der Waals surface area contributed by atoms with E-state index >= 15 is 0 Å². The molecule has 0 bridgehead atoms. The first-order chi connectivity index (χ1) is 19.9. The standard InChI is InChI=1S/C35H62O6/c1-3-4-5-6-7-8-9-10-11-15-18-21-31(37)33-25-26-34(41-33)32(38)22-19-16-13-12-14-17-20-30(36)24-23-29-27-28(2)40-35(29)39/h11,15,27-28,30-34,36-38H,3-10,12-14,16-26H2,1-2H3/b15-11-/t28-,30+,31+,32+,33+,34+/m0/s1. The second kappa shape index (κ2) is 22.3. The highest BCUT2D eigenvalue weighted by Crippen LogP contribution is 2.28. The third-order valence-corrected chi connectivity index (χ3v) is 8.74. The van der Waals surface area contributed by atoms with Gasteiger partial charge in [0.1, 0.15) is 6.10 Å². The summed E-state index contributed by atoms with van der Waals surface area (Å²) >= 11 is 0. The number of unbranched alkanes of at least 4 members (excludes halogenated alkanes) is 12. The van der Waals surface area contributed by atoms with Crippen LogP contribution in [0.15, 0.2) is 23.8 Å². The molecule has 2 aliphatic heterocycles. The molecule has 0 aromatic rings. The number of hydrogen-bond donors (Lipinski definition) is 3. The van der Waals surface area contributed by atoms with Crippen molar-refractivity contribution in [2.75, 3.05) is 0 Å². The fraction of sp³-hybridized carbons (Fsp3) is 0.857. The summed E-state index contributed by atoms with van der Waals surface area (Å²) < 4.78 is 11.2. The Morgan fingerprint density at radius 2 is 1.32 bits per heavy atom. The van der Waals surface area contributed by atoms with Gasteiger partial charge in [-0.1, -0.05) is 96.1 Å². The summed E-state index contributed by atoms with van der Waals surface area (Å²) in [5.41, 5.74) is 0.699. The van der Waals surface area contributed by atoms with E-state index in [1.165, 1.54) is 44.9 Å². The maximum Gasteiger partial charge on any atom is 0.334 e. The number of carbonyl (C=O) groups is 1. The molecule has 1 fully saturated rings. The monoisotopic (exact) mass is 578 g/mol. The Bertz CT molecular complexity index is 734. The Balaban J connectivity index is 1.40. The van der Waals surface area contributed by atoms with Gasteiger partial charge in [-0.15, -0.1) is 0 Å². The molecule has 6 atom stereocenters. The average Bonchev–Trinajstić information content (AvgIpc) is 3.58. The van der Waals surface area contributed by atoms with E-state index in [-0.39, 0.29) is 30.4 Å². The van der Waals surface area contributed by atoms with Crippen LogP contribution >= 0.6 is 0 Å². The van der Waals surface area contributed by atoms with Crippen LogP contribution in [0.4, 0.5) is 0 Å². The van der Waals surface area contributed by atoms with Crippen LogP contribution < -0.4 is 0 Å². The number of aliphatic hydroxyl groups is 3. The molecule has 0 aromatic carbocycles. The third-order valence-electron chi connectivity index (χ3n) is 8.74. The lowest BCUT2D eigenvalue weighted by Crippen LogP contribution is -2.30. The van der Waals surface area contributed by atoms with Crippen molar-refractivity contribution < 1.29 is 29.6 Å². The maximum absolute atomic E-state index is 11.6. The summed E-state index contributed by atoms with van der Waals surface area (Å²) in [6, 6.07) is 0. The fourth-order valence-electron chi connectivity index (χ4n) is 6.07. The number of allylic oxidation sites excluding steroid dienone is 2. The van der Waals surface area contributed by atoms with Crippen molar-refractivity contribution in [1.29, 1.82) is 0 Å². The Labute approximate surface area is 251 Å². The molecule has 6 heteroatoms. The van der Waals surface area contributed by atoms with Gasteiger partial charge in [0.15, 0.2) is 0 Å². The first-order valence-corrected chi connectivity index (χ1v) is 17.2. The van der Waals surface area contributed by atoms with Crippen molar-refractivity contribution in [2.45, 2.75) is 192 Å². The zero-order chi connectivity index (χ0) is 29.7. The highest BCUT2D eigenvalue weighted by Gasteiger charge is 2.33. The van der Waals surface area contributed by atoms with Crippen LogP contribution in [-0.2, 0) is 14.3 Å². The first kappa shape index (κ1) is 36.0. The number of carbonyl (C=O) groups excluding carboxylic acids is 1. The highest BCUT2D eigenvalue weighted by molar-refractivity contribution is 5.90. The second-order valence-corrected chi connectivity index (χ2v) is 12.6. The van der Waals surface area contributed by atoms with Crippen molar-refractivity contribution in [1.82, 2.24) is 0 Å². The number of cyclic esters (lactones) is 1.